The zero-order chi connectivity index (χ0) is 17.8. The number of hydrogen-bond acceptors (Lipinski definition) is 6. The van der Waals surface area contributed by atoms with Crippen molar-refractivity contribution in [1.82, 2.24) is 4.90 Å². The normalized spacial score (nSPS) is 13.2. The third-order valence-electron chi connectivity index (χ3n) is 3.94. The summed E-state index contributed by atoms with van der Waals surface area (Å²) < 4.78 is 0. The van der Waals surface area contributed by atoms with E-state index in [1.807, 2.05) is 0 Å². The summed E-state index contributed by atoms with van der Waals surface area (Å²) in [7, 11) is 0. The summed E-state index contributed by atoms with van der Waals surface area (Å²) in [5.74, 6) is 0.363. The molecule has 0 atom stereocenters. The van der Waals surface area contributed by atoms with E-state index < -0.39 is 0 Å². The zero-order valence-corrected chi connectivity index (χ0v) is 14.3. The smallest absolute Gasteiger partial charge is 0.261 e. The molecule has 7 heteroatoms. The fraction of sp³-hybridized carbons (Fsp3) is 0.222. The van der Waals surface area contributed by atoms with Gasteiger partial charge in [0.25, 0.3) is 11.8 Å². The Hall–Kier alpha value is -2.67. The molecule has 0 saturated heterocycles. The number of anilines is 1. The SMILES string of the molecule is Nc1cc(N=O)cc(SCCCCN2C(=O)c3ccccc3C2=O)c1. The van der Waals surface area contributed by atoms with E-state index in [9.17, 15) is 14.5 Å². The number of thioether (sulfide) groups is 1. The largest absolute Gasteiger partial charge is 0.399 e. The molecule has 25 heavy (non-hydrogen) atoms. The van der Waals surface area contributed by atoms with Crippen molar-refractivity contribution < 1.29 is 9.59 Å². The van der Waals surface area contributed by atoms with Gasteiger partial charge < -0.3 is 5.73 Å². The molecule has 0 aromatic heterocycles. The highest BCUT2D eigenvalue weighted by Gasteiger charge is 2.34. The fourth-order valence-electron chi connectivity index (χ4n) is 2.75. The van der Waals surface area contributed by atoms with Gasteiger partial charge in [0.15, 0.2) is 0 Å². The van der Waals surface area contributed by atoms with Crippen LogP contribution in [0.5, 0.6) is 0 Å². The molecule has 1 heterocycles. The number of fused-ring (bicyclic) bond motifs is 1. The van der Waals surface area contributed by atoms with E-state index in [1.54, 1.807) is 48.2 Å². The lowest BCUT2D eigenvalue weighted by molar-refractivity contribution is 0.0652. The van der Waals surface area contributed by atoms with Crippen molar-refractivity contribution in [3.63, 3.8) is 0 Å². The number of hydrogen-bond donors (Lipinski definition) is 1. The monoisotopic (exact) mass is 355 g/mol. The third kappa shape index (κ3) is 3.71. The van der Waals surface area contributed by atoms with E-state index in [0.29, 0.717) is 29.0 Å². The van der Waals surface area contributed by atoms with Crippen LogP contribution in [-0.2, 0) is 0 Å². The first-order chi connectivity index (χ1) is 12.1. The van der Waals surface area contributed by atoms with Crippen LogP contribution in [0.4, 0.5) is 11.4 Å². The number of nitrogens with two attached hydrogens (primary N) is 1. The number of nitrogens with zero attached hydrogens (tertiary/aromatic N) is 2. The second kappa shape index (κ2) is 7.48. The van der Waals surface area contributed by atoms with Gasteiger partial charge in [-0.05, 0) is 54.1 Å². The summed E-state index contributed by atoms with van der Waals surface area (Å²) in [6, 6.07) is 11.9. The van der Waals surface area contributed by atoms with E-state index in [-0.39, 0.29) is 11.8 Å². The highest BCUT2D eigenvalue weighted by molar-refractivity contribution is 7.99. The van der Waals surface area contributed by atoms with E-state index in [2.05, 4.69) is 5.18 Å². The van der Waals surface area contributed by atoms with Crippen molar-refractivity contribution in [1.29, 1.82) is 0 Å². The van der Waals surface area contributed by atoms with Gasteiger partial charge in [-0.3, -0.25) is 14.5 Å². The van der Waals surface area contributed by atoms with Crippen molar-refractivity contribution in [2.45, 2.75) is 17.7 Å². The predicted molar refractivity (Wildman–Crippen MR) is 98.1 cm³/mol. The molecule has 1 aliphatic heterocycles. The Morgan fingerprint density at radius 3 is 2.32 bits per heavy atom. The minimum atomic E-state index is -0.217. The number of carbonyl (C=O) groups is 2. The lowest BCUT2D eigenvalue weighted by Crippen LogP contribution is -2.30. The van der Waals surface area contributed by atoms with Crippen LogP contribution in [-0.4, -0.2) is 29.0 Å². The Labute approximate surface area is 149 Å². The summed E-state index contributed by atoms with van der Waals surface area (Å²) in [6.45, 7) is 0.408. The van der Waals surface area contributed by atoms with Crippen LogP contribution in [0, 0.1) is 4.91 Å². The number of unbranched alkanes of at least 4 members (excludes halogenated alkanes) is 1. The molecule has 0 spiro atoms. The molecule has 1 aliphatic rings. The first-order valence-corrected chi connectivity index (χ1v) is 8.90. The Kier molecular flexibility index (Phi) is 5.14. The Morgan fingerprint density at radius 1 is 1.00 bits per heavy atom. The van der Waals surface area contributed by atoms with Gasteiger partial charge in [-0.1, -0.05) is 12.1 Å². The zero-order valence-electron chi connectivity index (χ0n) is 13.5. The maximum Gasteiger partial charge on any atom is 0.261 e. The molecule has 0 unspecified atom stereocenters. The first kappa shape index (κ1) is 17.2. The lowest BCUT2D eigenvalue weighted by atomic mass is 10.1. The van der Waals surface area contributed by atoms with Crippen LogP contribution in [0.1, 0.15) is 33.6 Å². The third-order valence-corrected chi connectivity index (χ3v) is 5.00. The highest BCUT2D eigenvalue weighted by atomic mass is 32.2. The Morgan fingerprint density at radius 2 is 1.68 bits per heavy atom. The van der Waals surface area contributed by atoms with Crippen molar-refractivity contribution in [3.8, 4) is 0 Å². The minimum Gasteiger partial charge on any atom is -0.399 e. The molecule has 2 aromatic rings. The van der Waals surface area contributed by atoms with Gasteiger partial charge in [-0.15, -0.1) is 16.7 Å². The number of benzene rings is 2. The van der Waals surface area contributed by atoms with Crippen molar-refractivity contribution >= 4 is 35.0 Å². The average Bonchev–Trinajstić information content (AvgIpc) is 2.86. The van der Waals surface area contributed by atoms with Crippen LogP contribution in [0.3, 0.4) is 0 Å². The molecule has 0 fully saturated rings. The van der Waals surface area contributed by atoms with Gasteiger partial charge in [0.05, 0.1) is 11.1 Å². The summed E-state index contributed by atoms with van der Waals surface area (Å²) >= 11 is 1.57. The van der Waals surface area contributed by atoms with Crippen LogP contribution in [0.25, 0.3) is 0 Å². The first-order valence-electron chi connectivity index (χ1n) is 7.92. The molecule has 2 N–H and O–H groups in total. The predicted octanol–water partition coefficient (Wildman–Crippen LogP) is 3.84. The average molecular weight is 355 g/mol. The van der Waals surface area contributed by atoms with E-state index in [1.165, 1.54) is 11.0 Å². The molecule has 128 valence electrons. The lowest BCUT2D eigenvalue weighted by Gasteiger charge is -2.13. The number of carbonyl (C=O) groups excluding carboxylic acids is 2. The second-order valence-electron chi connectivity index (χ2n) is 5.71. The molecule has 2 amide bonds. The van der Waals surface area contributed by atoms with Gasteiger partial charge in [0.1, 0.15) is 5.69 Å². The van der Waals surface area contributed by atoms with E-state index in [4.69, 9.17) is 5.73 Å². The fourth-order valence-corrected chi connectivity index (χ4v) is 3.75. The molecule has 6 nitrogen and oxygen atoms in total. The van der Waals surface area contributed by atoms with Gasteiger partial charge in [-0.25, -0.2) is 0 Å². The van der Waals surface area contributed by atoms with Crippen LogP contribution < -0.4 is 5.73 Å². The van der Waals surface area contributed by atoms with Gasteiger partial charge in [-0.2, -0.15) is 0 Å². The molecule has 0 saturated carbocycles. The molecule has 3 rings (SSSR count). The van der Waals surface area contributed by atoms with Crippen molar-refractivity contribution in [2.24, 2.45) is 5.18 Å². The number of imide groups is 1. The minimum absolute atomic E-state index is 0.217. The van der Waals surface area contributed by atoms with Crippen molar-refractivity contribution in [3.05, 3.63) is 58.5 Å². The van der Waals surface area contributed by atoms with Gasteiger partial charge in [0, 0.05) is 17.1 Å². The van der Waals surface area contributed by atoms with Gasteiger partial charge in [0.2, 0.25) is 0 Å². The van der Waals surface area contributed by atoms with E-state index in [0.717, 1.165) is 23.5 Å². The Bertz CT molecular complexity index is 803. The number of amides is 2. The standard InChI is InChI=1S/C18H17N3O3S/c19-12-9-13(20-24)11-14(10-12)25-8-4-3-7-21-17(22)15-5-1-2-6-16(15)18(21)23/h1-2,5-6,9-11H,3-4,7-8,19H2. The van der Waals surface area contributed by atoms with Crippen LogP contribution >= 0.6 is 11.8 Å². The van der Waals surface area contributed by atoms with Crippen LogP contribution in [0.15, 0.2) is 52.5 Å². The topological polar surface area (TPSA) is 92.8 Å². The number of nitrogen functional groups attached to an aromatic ring is 1. The van der Waals surface area contributed by atoms with Crippen LogP contribution in [0.2, 0.25) is 0 Å². The number of nitroso groups, excluding NO2 is 1. The highest BCUT2D eigenvalue weighted by Crippen LogP contribution is 2.28. The molecular formula is C18H17N3O3S. The molecule has 2 aromatic carbocycles. The van der Waals surface area contributed by atoms with Gasteiger partial charge >= 0.3 is 0 Å². The molecule has 0 radical (unpaired) electrons. The quantitative estimate of drug-likeness (QED) is 0.268. The maximum atomic E-state index is 12.2. The summed E-state index contributed by atoms with van der Waals surface area (Å²) in [6.07, 6.45) is 1.55. The molecule has 0 aliphatic carbocycles. The number of rotatable bonds is 7. The van der Waals surface area contributed by atoms with E-state index >= 15 is 0 Å². The summed E-state index contributed by atoms with van der Waals surface area (Å²) in [5.41, 5.74) is 7.51. The maximum absolute atomic E-state index is 12.2. The molecular weight excluding hydrogens is 338 g/mol. The van der Waals surface area contributed by atoms with Crippen molar-refractivity contribution in [2.75, 3.05) is 18.0 Å². The summed E-state index contributed by atoms with van der Waals surface area (Å²) in [4.78, 5) is 37.3. The Balaban J connectivity index is 1.48. The molecule has 0 bridgehead atoms. The second-order valence-corrected chi connectivity index (χ2v) is 6.88. The summed E-state index contributed by atoms with van der Waals surface area (Å²) in [5, 5.41) is 2.90.